The number of morpholine rings is 1. The van der Waals surface area contributed by atoms with Crippen LogP contribution in [0.3, 0.4) is 0 Å². The van der Waals surface area contributed by atoms with Gasteiger partial charge in [-0.25, -0.2) is 4.79 Å². The van der Waals surface area contributed by atoms with E-state index in [1.54, 1.807) is 0 Å². The smallest absolute Gasteiger partial charge is 0.410 e. The summed E-state index contributed by atoms with van der Waals surface area (Å²) in [6, 6.07) is -0.474. The van der Waals surface area contributed by atoms with Crippen LogP contribution in [0.5, 0.6) is 0 Å². The molecule has 2 atom stereocenters. The predicted octanol–water partition coefficient (Wildman–Crippen LogP) is 1.68. The molecule has 1 saturated heterocycles. The Labute approximate surface area is 125 Å². The van der Waals surface area contributed by atoms with Gasteiger partial charge in [-0.15, -0.1) is 0 Å². The summed E-state index contributed by atoms with van der Waals surface area (Å²) in [5, 5.41) is 10.5. The van der Waals surface area contributed by atoms with Crippen LogP contribution in [0.2, 0.25) is 0 Å². The lowest BCUT2D eigenvalue weighted by atomic mass is 10.0. The van der Waals surface area contributed by atoms with Crippen LogP contribution in [0.25, 0.3) is 0 Å². The molecule has 120 valence electrons. The summed E-state index contributed by atoms with van der Waals surface area (Å²) >= 11 is 0. The monoisotopic (exact) mass is 299 g/mol. The van der Waals surface area contributed by atoms with E-state index < -0.39 is 23.8 Å². The maximum Gasteiger partial charge on any atom is 0.410 e. The van der Waals surface area contributed by atoms with Gasteiger partial charge in [-0.05, 0) is 39.7 Å². The van der Waals surface area contributed by atoms with Crippen molar-refractivity contribution in [1.29, 1.82) is 0 Å². The minimum absolute atomic E-state index is 0.279. The average Bonchev–Trinajstić information content (AvgIpc) is 2.45. The van der Waals surface area contributed by atoms with Crippen LogP contribution < -0.4 is 0 Å². The number of hydrogen-bond donors (Lipinski definition) is 1. The van der Waals surface area contributed by atoms with Gasteiger partial charge in [0.2, 0.25) is 0 Å². The SMILES string of the molecule is CC(C)(C)OC(=O)N1CCOCC1C(O)C1=CCCCO1. The molecule has 0 spiro atoms. The Bertz CT molecular complexity index is 401. The van der Waals surface area contributed by atoms with E-state index in [-0.39, 0.29) is 6.61 Å². The summed E-state index contributed by atoms with van der Waals surface area (Å²) in [5.74, 6) is 0.533. The van der Waals surface area contributed by atoms with Crippen molar-refractivity contribution < 1.29 is 24.1 Å². The Morgan fingerprint density at radius 3 is 2.86 bits per heavy atom. The van der Waals surface area contributed by atoms with Gasteiger partial charge in [0, 0.05) is 6.54 Å². The number of aliphatic hydroxyl groups is 1. The molecule has 6 heteroatoms. The lowest BCUT2D eigenvalue weighted by molar-refractivity contribution is -0.0695. The summed E-state index contributed by atoms with van der Waals surface area (Å²) < 4.78 is 16.3. The molecule has 0 aliphatic carbocycles. The van der Waals surface area contributed by atoms with E-state index in [2.05, 4.69) is 0 Å². The van der Waals surface area contributed by atoms with Crippen molar-refractivity contribution in [2.24, 2.45) is 0 Å². The Morgan fingerprint density at radius 1 is 1.48 bits per heavy atom. The number of ether oxygens (including phenoxy) is 3. The highest BCUT2D eigenvalue weighted by Crippen LogP contribution is 2.22. The highest BCUT2D eigenvalue weighted by molar-refractivity contribution is 5.69. The van der Waals surface area contributed by atoms with Gasteiger partial charge in [0.05, 0.1) is 25.9 Å². The number of carbonyl (C=O) groups excluding carboxylic acids is 1. The van der Waals surface area contributed by atoms with Crippen LogP contribution >= 0.6 is 0 Å². The van der Waals surface area contributed by atoms with Crippen molar-refractivity contribution in [3.63, 3.8) is 0 Å². The third kappa shape index (κ3) is 4.35. The number of rotatable bonds is 2. The first-order chi connectivity index (χ1) is 9.88. The van der Waals surface area contributed by atoms with E-state index in [0.717, 1.165) is 12.8 Å². The maximum absolute atomic E-state index is 12.3. The summed E-state index contributed by atoms with van der Waals surface area (Å²) in [7, 11) is 0. The maximum atomic E-state index is 12.3. The fourth-order valence-electron chi connectivity index (χ4n) is 2.40. The number of amides is 1. The third-order valence-corrected chi connectivity index (χ3v) is 3.41. The van der Waals surface area contributed by atoms with Gasteiger partial charge in [0.1, 0.15) is 17.5 Å². The highest BCUT2D eigenvalue weighted by Gasteiger charge is 2.37. The second-order valence-corrected chi connectivity index (χ2v) is 6.36. The second-order valence-electron chi connectivity index (χ2n) is 6.36. The van der Waals surface area contributed by atoms with Crippen molar-refractivity contribution in [2.45, 2.75) is 51.4 Å². The summed E-state index contributed by atoms with van der Waals surface area (Å²) in [6.45, 7) is 7.20. The number of carbonyl (C=O) groups is 1. The van der Waals surface area contributed by atoms with Gasteiger partial charge in [0.25, 0.3) is 0 Å². The van der Waals surface area contributed by atoms with Crippen LogP contribution in [-0.2, 0) is 14.2 Å². The molecule has 0 saturated carbocycles. The zero-order valence-corrected chi connectivity index (χ0v) is 13.0. The van der Waals surface area contributed by atoms with Gasteiger partial charge < -0.3 is 19.3 Å². The zero-order chi connectivity index (χ0) is 15.5. The van der Waals surface area contributed by atoms with Crippen molar-refractivity contribution in [3.8, 4) is 0 Å². The Balaban J connectivity index is 2.07. The first-order valence-electron chi connectivity index (χ1n) is 7.47. The van der Waals surface area contributed by atoms with Crippen LogP contribution in [0, 0.1) is 0 Å². The molecule has 2 heterocycles. The standard InChI is InChI=1S/C15H25NO5/c1-15(2,3)21-14(18)16-7-9-19-10-11(16)13(17)12-6-4-5-8-20-12/h6,11,13,17H,4-5,7-10H2,1-3H3. The quantitative estimate of drug-likeness (QED) is 0.840. The third-order valence-electron chi connectivity index (χ3n) is 3.41. The summed E-state index contributed by atoms with van der Waals surface area (Å²) in [5.41, 5.74) is -0.564. The number of hydrogen-bond acceptors (Lipinski definition) is 5. The first-order valence-corrected chi connectivity index (χ1v) is 7.47. The Hall–Kier alpha value is -1.27. The minimum atomic E-state index is -0.877. The molecule has 0 bridgehead atoms. The molecule has 1 N–H and O–H groups in total. The van der Waals surface area contributed by atoms with E-state index in [1.165, 1.54) is 4.90 Å². The van der Waals surface area contributed by atoms with Gasteiger partial charge in [-0.1, -0.05) is 0 Å². The second kappa shape index (κ2) is 6.66. The minimum Gasteiger partial charge on any atom is -0.495 e. The van der Waals surface area contributed by atoms with Gasteiger partial charge in [0.15, 0.2) is 0 Å². The molecular formula is C15H25NO5. The topological polar surface area (TPSA) is 68.2 Å². The average molecular weight is 299 g/mol. The Kier molecular flexibility index (Phi) is 5.11. The normalized spacial score (nSPS) is 24.9. The van der Waals surface area contributed by atoms with Crippen LogP contribution in [0.4, 0.5) is 4.79 Å². The molecule has 2 aliphatic heterocycles. The highest BCUT2D eigenvalue weighted by atomic mass is 16.6. The molecule has 0 radical (unpaired) electrons. The van der Waals surface area contributed by atoms with Crippen molar-refractivity contribution in [1.82, 2.24) is 4.90 Å². The molecule has 2 aliphatic rings. The summed E-state index contributed by atoms with van der Waals surface area (Å²) in [4.78, 5) is 13.8. The van der Waals surface area contributed by atoms with Crippen molar-refractivity contribution in [2.75, 3.05) is 26.4 Å². The van der Waals surface area contributed by atoms with Crippen LogP contribution in [0.15, 0.2) is 11.8 Å². The molecule has 1 fully saturated rings. The lowest BCUT2D eigenvalue weighted by Crippen LogP contribution is -2.55. The van der Waals surface area contributed by atoms with E-state index in [1.807, 2.05) is 26.8 Å². The molecule has 2 unspecified atom stereocenters. The molecule has 6 nitrogen and oxygen atoms in total. The van der Waals surface area contributed by atoms with Gasteiger partial charge in [-0.2, -0.15) is 0 Å². The van der Waals surface area contributed by atoms with E-state index in [9.17, 15) is 9.90 Å². The molecule has 1 amide bonds. The van der Waals surface area contributed by atoms with E-state index in [4.69, 9.17) is 14.2 Å². The van der Waals surface area contributed by atoms with E-state index in [0.29, 0.717) is 25.5 Å². The zero-order valence-electron chi connectivity index (χ0n) is 13.0. The van der Waals surface area contributed by atoms with Crippen molar-refractivity contribution in [3.05, 3.63) is 11.8 Å². The summed E-state index contributed by atoms with van der Waals surface area (Å²) in [6.07, 6.45) is 2.42. The number of aliphatic hydroxyl groups excluding tert-OH is 1. The van der Waals surface area contributed by atoms with E-state index >= 15 is 0 Å². The molecular weight excluding hydrogens is 274 g/mol. The molecule has 21 heavy (non-hydrogen) atoms. The number of nitrogens with zero attached hydrogens (tertiary/aromatic N) is 1. The molecule has 2 rings (SSSR count). The van der Waals surface area contributed by atoms with Gasteiger partial charge in [-0.3, -0.25) is 4.90 Å². The largest absolute Gasteiger partial charge is 0.495 e. The molecule has 0 aromatic heterocycles. The molecule has 0 aromatic rings. The van der Waals surface area contributed by atoms with Gasteiger partial charge >= 0.3 is 6.09 Å². The molecule has 0 aromatic carbocycles. The number of allylic oxidation sites excluding steroid dienone is 1. The first kappa shape index (κ1) is 16.1. The van der Waals surface area contributed by atoms with Crippen molar-refractivity contribution >= 4 is 6.09 Å². The lowest BCUT2D eigenvalue weighted by Gasteiger charge is -2.39. The fourth-order valence-corrected chi connectivity index (χ4v) is 2.40. The fraction of sp³-hybridized carbons (Fsp3) is 0.800. The predicted molar refractivity (Wildman–Crippen MR) is 76.8 cm³/mol. The van der Waals surface area contributed by atoms with Crippen LogP contribution in [0.1, 0.15) is 33.6 Å². The van der Waals surface area contributed by atoms with Crippen LogP contribution in [-0.4, -0.2) is 60.2 Å². The Morgan fingerprint density at radius 2 is 2.24 bits per heavy atom.